The van der Waals surface area contributed by atoms with Crippen LogP contribution in [0.2, 0.25) is 0 Å². The van der Waals surface area contributed by atoms with Crippen molar-refractivity contribution in [2.24, 2.45) is 5.92 Å². The molecule has 0 aromatic heterocycles. The predicted molar refractivity (Wildman–Crippen MR) is 110 cm³/mol. The van der Waals surface area contributed by atoms with Crippen molar-refractivity contribution in [3.63, 3.8) is 0 Å². The van der Waals surface area contributed by atoms with E-state index >= 15 is 0 Å². The first kappa shape index (κ1) is 22.6. The number of benzene rings is 1. The lowest BCUT2D eigenvalue weighted by atomic mass is 10.0. The maximum Gasteiger partial charge on any atom is 0.416 e. The standard InChI is InChI=1S/C23H27F3N4O2/c1-14(21(31)29-9-3-4-18(29)11-27)12-28-13-19-10-20(28)22(32)30(19)15(2)16-5-7-17(8-6-16)23(24,25)26/h5-8,14-15,18-20H,3-4,9-10,12-13H2,1-2H3/t14-,15?,18?,19+,20-/m0/s1. The summed E-state index contributed by atoms with van der Waals surface area (Å²) in [6.45, 7) is 5.38. The molecule has 1 aromatic carbocycles. The van der Waals surface area contributed by atoms with Gasteiger partial charge < -0.3 is 9.80 Å². The second-order valence-corrected chi connectivity index (χ2v) is 9.12. The number of fused-ring (bicyclic) bond motifs is 2. The van der Waals surface area contributed by atoms with Gasteiger partial charge in [-0.05, 0) is 43.9 Å². The molecule has 3 aliphatic rings. The number of carbonyl (C=O) groups excluding carboxylic acids is 2. The quantitative estimate of drug-likeness (QED) is 0.694. The van der Waals surface area contributed by atoms with Crippen molar-refractivity contribution < 1.29 is 22.8 Å². The number of alkyl halides is 3. The summed E-state index contributed by atoms with van der Waals surface area (Å²) >= 11 is 0. The van der Waals surface area contributed by atoms with Crippen LogP contribution in [0.1, 0.15) is 50.3 Å². The van der Waals surface area contributed by atoms with Crippen molar-refractivity contribution in [1.82, 2.24) is 14.7 Å². The van der Waals surface area contributed by atoms with E-state index in [1.807, 2.05) is 18.7 Å². The van der Waals surface area contributed by atoms with E-state index in [-0.39, 0.29) is 41.9 Å². The maximum absolute atomic E-state index is 13.1. The fraction of sp³-hybridized carbons (Fsp3) is 0.609. The highest BCUT2D eigenvalue weighted by atomic mass is 19.4. The molecule has 1 aromatic rings. The zero-order valence-corrected chi connectivity index (χ0v) is 18.2. The number of rotatable bonds is 5. The molecule has 0 spiro atoms. The Balaban J connectivity index is 1.39. The maximum atomic E-state index is 13.1. The first-order valence-electron chi connectivity index (χ1n) is 11.0. The normalized spacial score (nSPS) is 27.6. The Labute approximate surface area is 185 Å². The van der Waals surface area contributed by atoms with E-state index in [1.54, 1.807) is 9.80 Å². The molecule has 0 radical (unpaired) electrons. The third-order valence-corrected chi connectivity index (χ3v) is 7.07. The number of piperazine rings is 1. The fourth-order valence-electron chi connectivity index (χ4n) is 5.39. The Morgan fingerprint density at radius 2 is 1.94 bits per heavy atom. The number of hydrogen-bond donors (Lipinski definition) is 0. The summed E-state index contributed by atoms with van der Waals surface area (Å²) in [6.07, 6.45) is -2.18. The summed E-state index contributed by atoms with van der Waals surface area (Å²) in [4.78, 5) is 31.4. The molecule has 0 N–H and O–H groups in total. The second kappa shape index (κ2) is 8.39. The molecular formula is C23H27F3N4O2. The van der Waals surface area contributed by atoms with Crippen LogP contribution in [-0.2, 0) is 15.8 Å². The first-order chi connectivity index (χ1) is 15.1. The lowest BCUT2D eigenvalue weighted by molar-refractivity contribution is -0.142. The topological polar surface area (TPSA) is 67.7 Å². The third-order valence-electron chi connectivity index (χ3n) is 7.07. The summed E-state index contributed by atoms with van der Waals surface area (Å²) in [6, 6.07) is 6.16. The van der Waals surface area contributed by atoms with Gasteiger partial charge in [-0.1, -0.05) is 19.1 Å². The van der Waals surface area contributed by atoms with Crippen molar-refractivity contribution in [1.29, 1.82) is 5.26 Å². The molecule has 3 heterocycles. The Hall–Kier alpha value is -2.60. The molecule has 2 unspecified atom stereocenters. The number of likely N-dealkylation sites (tertiary alicyclic amines) is 3. The van der Waals surface area contributed by atoms with Gasteiger partial charge in [-0.3, -0.25) is 14.5 Å². The minimum absolute atomic E-state index is 0.0225. The third kappa shape index (κ3) is 3.96. The van der Waals surface area contributed by atoms with E-state index in [2.05, 4.69) is 6.07 Å². The lowest BCUT2D eigenvalue weighted by Crippen LogP contribution is -2.53. The van der Waals surface area contributed by atoms with Gasteiger partial charge in [-0.15, -0.1) is 0 Å². The molecule has 3 saturated heterocycles. The smallest absolute Gasteiger partial charge is 0.330 e. The van der Waals surface area contributed by atoms with Crippen molar-refractivity contribution in [2.75, 3.05) is 19.6 Å². The zero-order chi connectivity index (χ0) is 23.2. The van der Waals surface area contributed by atoms with Crippen molar-refractivity contribution in [3.05, 3.63) is 35.4 Å². The highest BCUT2D eigenvalue weighted by molar-refractivity contribution is 5.86. The van der Waals surface area contributed by atoms with Crippen LogP contribution in [0.3, 0.4) is 0 Å². The number of nitrogens with zero attached hydrogens (tertiary/aromatic N) is 4. The Bertz CT molecular complexity index is 927. The van der Waals surface area contributed by atoms with Crippen LogP contribution in [0.4, 0.5) is 13.2 Å². The van der Waals surface area contributed by atoms with Crippen molar-refractivity contribution in [3.8, 4) is 6.07 Å². The number of halogens is 3. The van der Waals surface area contributed by atoms with Gasteiger partial charge in [0.1, 0.15) is 6.04 Å². The number of nitriles is 1. The van der Waals surface area contributed by atoms with Gasteiger partial charge in [-0.2, -0.15) is 18.4 Å². The molecule has 9 heteroatoms. The Morgan fingerprint density at radius 1 is 1.25 bits per heavy atom. The number of amides is 2. The van der Waals surface area contributed by atoms with E-state index in [0.29, 0.717) is 38.0 Å². The summed E-state index contributed by atoms with van der Waals surface area (Å²) in [5, 5.41) is 9.24. The minimum atomic E-state index is -4.39. The molecule has 2 amide bonds. The molecular weight excluding hydrogens is 421 g/mol. The van der Waals surface area contributed by atoms with E-state index < -0.39 is 11.7 Å². The molecule has 0 saturated carbocycles. The molecule has 32 heavy (non-hydrogen) atoms. The van der Waals surface area contributed by atoms with Crippen LogP contribution < -0.4 is 0 Å². The van der Waals surface area contributed by atoms with Gasteiger partial charge in [0.05, 0.1) is 23.7 Å². The molecule has 3 fully saturated rings. The van der Waals surface area contributed by atoms with Crippen LogP contribution in [0.25, 0.3) is 0 Å². The second-order valence-electron chi connectivity index (χ2n) is 9.12. The van der Waals surface area contributed by atoms with E-state index in [0.717, 1.165) is 18.6 Å². The molecule has 0 aliphatic carbocycles. The largest absolute Gasteiger partial charge is 0.416 e. The van der Waals surface area contributed by atoms with Gasteiger partial charge in [0.15, 0.2) is 0 Å². The lowest BCUT2D eigenvalue weighted by Gasteiger charge is -2.38. The Morgan fingerprint density at radius 3 is 2.53 bits per heavy atom. The zero-order valence-electron chi connectivity index (χ0n) is 18.2. The van der Waals surface area contributed by atoms with E-state index in [4.69, 9.17) is 0 Å². The average Bonchev–Trinajstić information content (AvgIpc) is 3.46. The number of hydrogen-bond acceptors (Lipinski definition) is 4. The molecule has 6 nitrogen and oxygen atoms in total. The van der Waals surface area contributed by atoms with Gasteiger partial charge in [0.2, 0.25) is 11.8 Å². The summed E-state index contributed by atoms with van der Waals surface area (Å²) < 4.78 is 38.5. The molecule has 172 valence electrons. The average molecular weight is 448 g/mol. The van der Waals surface area contributed by atoms with Crippen LogP contribution in [0.5, 0.6) is 0 Å². The van der Waals surface area contributed by atoms with Gasteiger partial charge in [0, 0.05) is 31.6 Å². The summed E-state index contributed by atoms with van der Waals surface area (Å²) in [5.41, 5.74) is -0.0326. The van der Waals surface area contributed by atoms with Crippen LogP contribution in [0, 0.1) is 17.2 Å². The minimum Gasteiger partial charge on any atom is -0.330 e. The van der Waals surface area contributed by atoms with Gasteiger partial charge in [0.25, 0.3) is 0 Å². The number of carbonyl (C=O) groups is 2. The summed E-state index contributed by atoms with van der Waals surface area (Å²) in [7, 11) is 0. The van der Waals surface area contributed by atoms with Crippen LogP contribution in [0.15, 0.2) is 24.3 Å². The highest BCUT2D eigenvalue weighted by Crippen LogP contribution is 2.39. The van der Waals surface area contributed by atoms with Gasteiger partial charge in [-0.25, -0.2) is 0 Å². The molecule has 5 atom stereocenters. The predicted octanol–water partition coefficient (Wildman–Crippen LogP) is 3.20. The first-order valence-corrected chi connectivity index (χ1v) is 11.0. The molecule has 3 aliphatic heterocycles. The van der Waals surface area contributed by atoms with Crippen LogP contribution >= 0.6 is 0 Å². The monoisotopic (exact) mass is 448 g/mol. The van der Waals surface area contributed by atoms with Gasteiger partial charge >= 0.3 is 6.18 Å². The van der Waals surface area contributed by atoms with E-state index in [9.17, 15) is 28.0 Å². The molecule has 2 bridgehead atoms. The molecule has 4 rings (SSSR count). The SMILES string of the molecule is CC(c1ccc(C(F)(F)F)cc1)N1C(=O)[C@@H]2C[C@@H]1CN2C[C@H](C)C(=O)N1CCCC1C#N. The Kier molecular flexibility index (Phi) is 5.93. The van der Waals surface area contributed by atoms with Crippen LogP contribution in [-0.4, -0.2) is 64.3 Å². The van der Waals surface area contributed by atoms with E-state index in [1.165, 1.54) is 12.1 Å². The van der Waals surface area contributed by atoms with Crippen molar-refractivity contribution >= 4 is 11.8 Å². The fourth-order valence-corrected chi connectivity index (χ4v) is 5.39. The summed E-state index contributed by atoms with van der Waals surface area (Å²) in [5.74, 6) is -0.388. The van der Waals surface area contributed by atoms with Crippen molar-refractivity contribution in [2.45, 2.75) is 63.5 Å². The highest BCUT2D eigenvalue weighted by Gasteiger charge is 2.51.